The van der Waals surface area contributed by atoms with Gasteiger partial charge in [0.2, 0.25) is 5.91 Å². The lowest BCUT2D eigenvalue weighted by Crippen LogP contribution is -2.46. The number of anilines is 2. The average Bonchev–Trinajstić information content (AvgIpc) is 3.89. The quantitative estimate of drug-likeness (QED) is 0.179. The maximum atomic E-state index is 12.9. The lowest BCUT2D eigenvalue weighted by Gasteiger charge is -2.39. The number of nitrogen functional groups attached to an aromatic ring is 1. The highest BCUT2D eigenvalue weighted by Gasteiger charge is 2.41. The molecule has 2 aliphatic heterocycles. The normalized spacial score (nSPS) is 19.2. The second kappa shape index (κ2) is 16.1. The molecule has 6 aromatic rings. The Morgan fingerprint density at radius 2 is 1.10 bits per heavy atom. The first-order valence-corrected chi connectivity index (χ1v) is 23.1. The van der Waals surface area contributed by atoms with Crippen LogP contribution in [0.25, 0.3) is 41.6 Å². The topological polar surface area (TPSA) is 140 Å². The minimum atomic E-state index is -0.556. The molecule has 6 heterocycles. The number of carbonyl (C=O) groups excluding carboxylic acids is 3. The molecule has 0 unspecified atom stereocenters. The molecule has 312 valence electrons. The molecule has 0 spiro atoms. The number of thiophene rings is 2. The van der Waals surface area contributed by atoms with Gasteiger partial charge in [0.1, 0.15) is 26.2 Å². The molecule has 2 aromatic carbocycles. The molecule has 0 saturated heterocycles. The Kier molecular flexibility index (Phi) is 11.6. The van der Waals surface area contributed by atoms with Crippen molar-refractivity contribution < 1.29 is 23.9 Å². The lowest BCUT2D eigenvalue weighted by molar-refractivity contribution is -0.114. The molecule has 4 aromatic heterocycles. The molecule has 0 aliphatic carbocycles. The molecule has 4 atom stereocenters. The Balaban J connectivity index is 0.000000180. The number of benzene rings is 2. The number of aromatic nitrogens is 2. The summed E-state index contributed by atoms with van der Waals surface area (Å²) in [7, 11) is 0. The van der Waals surface area contributed by atoms with Crippen LogP contribution in [0.4, 0.5) is 19.6 Å². The predicted molar refractivity (Wildman–Crippen MR) is 244 cm³/mol. The minimum Gasteiger partial charge on any atom is -0.444 e. The van der Waals surface area contributed by atoms with E-state index in [4.69, 9.17) is 25.2 Å². The van der Waals surface area contributed by atoms with Crippen LogP contribution in [0.2, 0.25) is 0 Å². The van der Waals surface area contributed by atoms with Crippen molar-refractivity contribution in [2.75, 3.05) is 11.1 Å². The van der Waals surface area contributed by atoms with Crippen LogP contribution in [0, 0.1) is 0 Å². The van der Waals surface area contributed by atoms with Crippen molar-refractivity contribution in [1.29, 1.82) is 0 Å². The fourth-order valence-corrected chi connectivity index (χ4v) is 12.5. The van der Waals surface area contributed by atoms with Crippen LogP contribution >= 0.6 is 45.3 Å². The molecule has 0 saturated carbocycles. The highest BCUT2D eigenvalue weighted by Crippen LogP contribution is 2.51. The van der Waals surface area contributed by atoms with Crippen molar-refractivity contribution in [1.82, 2.24) is 19.8 Å². The number of thiazole rings is 2. The van der Waals surface area contributed by atoms with Gasteiger partial charge in [0, 0.05) is 39.9 Å². The van der Waals surface area contributed by atoms with Gasteiger partial charge in [0.15, 0.2) is 0 Å². The maximum absolute atomic E-state index is 12.9. The van der Waals surface area contributed by atoms with E-state index >= 15 is 0 Å². The van der Waals surface area contributed by atoms with Gasteiger partial charge in [-0.3, -0.25) is 14.6 Å². The van der Waals surface area contributed by atoms with Crippen molar-refractivity contribution in [3.05, 3.63) is 69.4 Å². The maximum Gasteiger partial charge on any atom is 0.411 e. The third kappa shape index (κ3) is 8.70. The second-order valence-electron chi connectivity index (χ2n) is 17.2. The Bertz CT molecular complexity index is 2490. The number of nitrogens with zero attached hydrogens (tertiary/aromatic N) is 4. The first kappa shape index (κ1) is 42.6. The van der Waals surface area contributed by atoms with E-state index in [0.29, 0.717) is 6.42 Å². The van der Waals surface area contributed by atoms with E-state index in [0.717, 1.165) is 73.3 Å². The minimum absolute atomic E-state index is 0.0273. The van der Waals surface area contributed by atoms with Crippen LogP contribution in [-0.4, -0.2) is 61.1 Å². The van der Waals surface area contributed by atoms with E-state index in [2.05, 4.69) is 31.3 Å². The number of hydrogen-bond acceptors (Lipinski definition) is 12. The Morgan fingerprint density at radius 1 is 0.678 bits per heavy atom. The standard InChI is InChI=1S/C23H27N3O3S2.C21H25N3O2S2/c1-12-11-15-18(21-25-16-9-7-8-10-17(16)30-21)20(24-14(3)27)31-19(15)13(2)26(12)22(28)29-23(4,5)6;1-11-10-13-16(19-23-14-8-6-7-9-15(14)27-19)18(22)28-17(13)12(2)24(11)20(25)26-21(3,4)5/h7-10,12-13H,11H2,1-6H3,(H,24,27);6-9,11-12H,10,22H2,1-5H3/t12-,13+;11-,12+/m11/s1. The van der Waals surface area contributed by atoms with Crippen LogP contribution in [0.15, 0.2) is 48.5 Å². The Labute approximate surface area is 361 Å². The molecule has 0 radical (unpaired) electrons. The fourth-order valence-electron chi connectivity index (χ4n) is 7.84. The van der Waals surface area contributed by atoms with E-state index in [1.54, 1.807) is 34.0 Å². The first-order chi connectivity index (χ1) is 27.7. The van der Waals surface area contributed by atoms with Gasteiger partial charge in [-0.15, -0.1) is 45.3 Å². The number of para-hydroxylation sites is 2. The van der Waals surface area contributed by atoms with Crippen molar-refractivity contribution in [3.63, 3.8) is 0 Å². The smallest absolute Gasteiger partial charge is 0.411 e. The van der Waals surface area contributed by atoms with Crippen LogP contribution in [-0.2, 0) is 27.1 Å². The molecule has 11 nitrogen and oxygen atoms in total. The highest BCUT2D eigenvalue weighted by molar-refractivity contribution is 7.23. The largest absolute Gasteiger partial charge is 0.444 e. The number of fused-ring (bicyclic) bond motifs is 4. The van der Waals surface area contributed by atoms with Crippen molar-refractivity contribution in [2.24, 2.45) is 0 Å². The number of rotatable bonds is 3. The SMILES string of the molecule is CC(=O)Nc1sc2c(c1-c1nc3ccccc3s1)C[C@@H](C)N(C(=O)OC(C)(C)C)[C@H]2C.C[C@@H]1Cc2c(sc(N)c2-c2nc3ccccc3s2)[C@H](C)N1C(=O)OC(C)(C)C. The van der Waals surface area contributed by atoms with E-state index in [1.807, 2.05) is 102 Å². The number of ether oxygens (including phenoxy) is 2. The highest BCUT2D eigenvalue weighted by atomic mass is 32.1. The van der Waals surface area contributed by atoms with Crippen molar-refractivity contribution >= 4 is 93.9 Å². The molecule has 0 bridgehead atoms. The molecule has 3 N–H and O–H groups in total. The van der Waals surface area contributed by atoms with E-state index < -0.39 is 11.2 Å². The van der Waals surface area contributed by atoms with Gasteiger partial charge >= 0.3 is 12.2 Å². The van der Waals surface area contributed by atoms with Gasteiger partial charge in [-0.1, -0.05) is 24.3 Å². The Hall–Kier alpha value is -4.57. The van der Waals surface area contributed by atoms with Crippen LogP contribution < -0.4 is 11.1 Å². The van der Waals surface area contributed by atoms with Crippen LogP contribution in [0.1, 0.15) is 109 Å². The fraction of sp³-hybridized carbons (Fsp3) is 0.432. The zero-order valence-electron chi connectivity index (χ0n) is 35.4. The first-order valence-electron chi connectivity index (χ1n) is 19.8. The molecular weight excluding hydrogens is 821 g/mol. The van der Waals surface area contributed by atoms with Gasteiger partial charge in [0.05, 0.1) is 37.5 Å². The third-order valence-corrected chi connectivity index (χ3v) is 14.8. The summed E-state index contributed by atoms with van der Waals surface area (Å²) in [5, 5.41) is 6.42. The van der Waals surface area contributed by atoms with Gasteiger partial charge in [-0.2, -0.15) is 0 Å². The lowest BCUT2D eigenvalue weighted by atomic mass is 9.93. The van der Waals surface area contributed by atoms with Crippen LogP contribution in [0.3, 0.4) is 0 Å². The van der Waals surface area contributed by atoms with Crippen molar-refractivity contribution in [2.45, 2.75) is 124 Å². The predicted octanol–water partition coefficient (Wildman–Crippen LogP) is 12.1. The third-order valence-electron chi connectivity index (χ3n) is 10.2. The summed E-state index contributed by atoms with van der Waals surface area (Å²) in [6, 6.07) is 15.9. The summed E-state index contributed by atoms with van der Waals surface area (Å²) >= 11 is 6.39. The number of nitrogens with one attached hydrogen (secondary N) is 1. The van der Waals surface area contributed by atoms with Gasteiger partial charge in [-0.25, -0.2) is 19.6 Å². The number of carbonyl (C=O) groups is 3. The zero-order valence-corrected chi connectivity index (χ0v) is 38.6. The van der Waals surface area contributed by atoms with Gasteiger partial charge in [-0.05, 0) is 117 Å². The summed E-state index contributed by atoms with van der Waals surface area (Å²) < 4.78 is 13.6. The molecule has 0 fully saturated rings. The molecular formula is C44H52N6O5S4. The van der Waals surface area contributed by atoms with Gasteiger partial charge in [0.25, 0.3) is 0 Å². The summed E-state index contributed by atoms with van der Waals surface area (Å²) in [4.78, 5) is 53.2. The Morgan fingerprint density at radius 3 is 1.54 bits per heavy atom. The summed E-state index contributed by atoms with van der Waals surface area (Å²) in [5.41, 5.74) is 11.7. The monoisotopic (exact) mass is 872 g/mol. The summed E-state index contributed by atoms with van der Waals surface area (Å²) in [5.74, 6) is -0.120. The van der Waals surface area contributed by atoms with Crippen molar-refractivity contribution in [3.8, 4) is 21.1 Å². The number of nitrogens with two attached hydrogens (primary N) is 1. The molecule has 3 amide bonds. The van der Waals surface area contributed by atoms with E-state index in [9.17, 15) is 14.4 Å². The number of hydrogen-bond donors (Lipinski definition) is 2. The second-order valence-corrected chi connectivity index (χ2v) is 21.4. The van der Waals surface area contributed by atoms with Gasteiger partial charge < -0.3 is 20.5 Å². The molecule has 59 heavy (non-hydrogen) atoms. The number of amides is 3. The molecule has 15 heteroatoms. The zero-order chi connectivity index (χ0) is 42.7. The van der Waals surface area contributed by atoms with Crippen LogP contribution in [0.5, 0.6) is 0 Å². The molecule has 2 aliphatic rings. The average molecular weight is 873 g/mol. The molecule has 8 rings (SSSR count). The van der Waals surface area contributed by atoms with E-state index in [-0.39, 0.29) is 42.3 Å². The van der Waals surface area contributed by atoms with E-state index in [1.165, 1.54) is 23.8 Å². The summed E-state index contributed by atoms with van der Waals surface area (Å²) in [6.45, 7) is 21.0. The summed E-state index contributed by atoms with van der Waals surface area (Å²) in [6.07, 6.45) is 0.846.